The molecule has 160 valence electrons. The summed E-state index contributed by atoms with van der Waals surface area (Å²) in [6, 6.07) is 13.9. The molecule has 0 amide bonds. The number of halogens is 3. The number of rotatable bonds is 9. The molecule has 0 aliphatic carbocycles. The Hall–Kier alpha value is -2.17. The highest BCUT2D eigenvalue weighted by molar-refractivity contribution is 5.66. The van der Waals surface area contributed by atoms with Gasteiger partial charge in [0.15, 0.2) is 0 Å². The third kappa shape index (κ3) is 8.00. The molecule has 2 aromatic carbocycles. The van der Waals surface area contributed by atoms with Crippen molar-refractivity contribution in [1.29, 1.82) is 0 Å². The van der Waals surface area contributed by atoms with E-state index in [1.807, 2.05) is 24.3 Å². The van der Waals surface area contributed by atoms with E-state index in [0.29, 0.717) is 5.41 Å². The maximum Gasteiger partial charge on any atom is 0.573 e. The fraction of sp³-hybridized carbons (Fsp3) is 0.500. The molecule has 5 heteroatoms. The maximum absolute atomic E-state index is 12.2. The van der Waals surface area contributed by atoms with Crippen molar-refractivity contribution >= 4 is 5.69 Å². The average Bonchev–Trinajstić information content (AvgIpc) is 2.63. The summed E-state index contributed by atoms with van der Waals surface area (Å²) in [5.74, 6) is 0.525. The zero-order valence-corrected chi connectivity index (χ0v) is 17.8. The van der Waals surface area contributed by atoms with Crippen LogP contribution in [0.5, 0.6) is 5.75 Å². The van der Waals surface area contributed by atoms with Crippen molar-refractivity contribution in [3.05, 3.63) is 48.5 Å². The second-order valence-corrected chi connectivity index (χ2v) is 8.57. The summed E-state index contributed by atoms with van der Waals surface area (Å²) in [6.45, 7) is 10.1. The van der Waals surface area contributed by atoms with Crippen LogP contribution in [-0.4, -0.2) is 12.9 Å². The van der Waals surface area contributed by atoms with Gasteiger partial charge in [0.25, 0.3) is 0 Å². The van der Waals surface area contributed by atoms with Gasteiger partial charge in [0.05, 0.1) is 0 Å². The highest BCUT2D eigenvalue weighted by atomic mass is 19.4. The van der Waals surface area contributed by atoms with Crippen LogP contribution in [-0.2, 0) is 0 Å². The maximum atomic E-state index is 12.2. The SMILES string of the molecule is CCCC(CCCNc1ccc(-c2ccc(OC(F)(F)F)cc2)cc1)C(C)(C)C. The lowest BCUT2D eigenvalue weighted by Gasteiger charge is -2.30. The monoisotopic (exact) mass is 407 g/mol. The minimum absolute atomic E-state index is 0.212. The van der Waals surface area contributed by atoms with Gasteiger partial charge in [-0.1, -0.05) is 64.8 Å². The molecule has 0 fully saturated rings. The number of ether oxygens (including phenoxy) is 1. The van der Waals surface area contributed by atoms with Gasteiger partial charge in [0, 0.05) is 12.2 Å². The van der Waals surface area contributed by atoms with Crippen molar-refractivity contribution in [3.63, 3.8) is 0 Å². The van der Waals surface area contributed by atoms with Crippen molar-refractivity contribution in [2.75, 3.05) is 11.9 Å². The van der Waals surface area contributed by atoms with Gasteiger partial charge in [-0.15, -0.1) is 13.2 Å². The zero-order valence-electron chi connectivity index (χ0n) is 17.8. The molecule has 0 spiro atoms. The average molecular weight is 408 g/mol. The van der Waals surface area contributed by atoms with Crippen LogP contribution < -0.4 is 10.1 Å². The third-order valence-corrected chi connectivity index (χ3v) is 5.23. The Morgan fingerprint density at radius 2 is 1.41 bits per heavy atom. The fourth-order valence-corrected chi connectivity index (χ4v) is 3.57. The molecule has 1 atom stereocenters. The van der Waals surface area contributed by atoms with Crippen LogP contribution in [0.3, 0.4) is 0 Å². The Morgan fingerprint density at radius 1 is 0.862 bits per heavy atom. The van der Waals surface area contributed by atoms with Gasteiger partial charge in [-0.3, -0.25) is 0 Å². The molecular formula is C24H32F3NO. The Balaban J connectivity index is 1.85. The number of alkyl halides is 3. The molecule has 0 saturated carbocycles. The van der Waals surface area contributed by atoms with Gasteiger partial charge in [0.1, 0.15) is 5.75 Å². The molecule has 0 heterocycles. The summed E-state index contributed by atoms with van der Waals surface area (Å²) in [6.07, 6.45) is 0.169. The molecule has 0 bridgehead atoms. The van der Waals surface area contributed by atoms with Crippen molar-refractivity contribution in [2.45, 2.75) is 59.7 Å². The normalized spacial score (nSPS) is 13.2. The minimum Gasteiger partial charge on any atom is -0.406 e. The van der Waals surface area contributed by atoms with Crippen molar-refractivity contribution in [2.24, 2.45) is 11.3 Å². The lowest BCUT2D eigenvalue weighted by Crippen LogP contribution is -2.21. The Bertz CT molecular complexity index is 731. The molecule has 2 nitrogen and oxygen atoms in total. The van der Waals surface area contributed by atoms with Gasteiger partial charge in [-0.25, -0.2) is 0 Å². The Labute approximate surface area is 172 Å². The number of anilines is 1. The molecule has 0 aliphatic heterocycles. The number of nitrogens with one attached hydrogen (secondary N) is 1. The van der Waals surface area contributed by atoms with E-state index >= 15 is 0 Å². The molecule has 1 N–H and O–H groups in total. The van der Waals surface area contributed by atoms with Gasteiger partial charge in [0.2, 0.25) is 0 Å². The van der Waals surface area contributed by atoms with E-state index in [1.165, 1.54) is 31.4 Å². The van der Waals surface area contributed by atoms with Crippen LogP contribution >= 0.6 is 0 Å². The number of benzene rings is 2. The highest BCUT2D eigenvalue weighted by Crippen LogP contribution is 2.33. The molecule has 0 saturated heterocycles. The van der Waals surface area contributed by atoms with Crippen LogP contribution in [0.1, 0.15) is 53.4 Å². The third-order valence-electron chi connectivity index (χ3n) is 5.23. The van der Waals surface area contributed by atoms with Crippen molar-refractivity contribution in [3.8, 4) is 16.9 Å². The van der Waals surface area contributed by atoms with Crippen LogP contribution in [0, 0.1) is 11.3 Å². The predicted molar refractivity (Wildman–Crippen MR) is 114 cm³/mol. The predicted octanol–water partition coefficient (Wildman–Crippen LogP) is 7.91. The van der Waals surface area contributed by atoms with Gasteiger partial charge < -0.3 is 10.1 Å². The van der Waals surface area contributed by atoms with E-state index in [9.17, 15) is 13.2 Å². The summed E-state index contributed by atoms with van der Waals surface area (Å²) < 4.78 is 40.7. The number of hydrogen-bond acceptors (Lipinski definition) is 2. The van der Waals surface area contributed by atoms with E-state index in [4.69, 9.17) is 0 Å². The molecule has 1 unspecified atom stereocenters. The Morgan fingerprint density at radius 3 is 1.90 bits per heavy atom. The van der Waals surface area contributed by atoms with Gasteiger partial charge in [-0.2, -0.15) is 0 Å². The van der Waals surface area contributed by atoms with E-state index in [1.54, 1.807) is 12.1 Å². The quantitative estimate of drug-likeness (QED) is 0.426. The first-order chi connectivity index (χ1) is 13.6. The smallest absolute Gasteiger partial charge is 0.406 e. The Kier molecular flexibility index (Phi) is 8.00. The standard InChI is InChI=1S/C24H32F3NO/c1-5-7-20(23(2,3)4)8-6-17-28-21-13-9-18(10-14-21)19-11-15-22(16-12-19)29-24(25,26)27/h9-16,20,28H,5-8,17H2,1-4H3. The summed E-state index contributed by atoms with van der Waals surface area (Å²) in [5.41, 5.74) is 3.19. The molecule has 29 heavy (non-hydrogen) atoms. The van der Waals surface area contributed by atoms with Gasteiger partial charge >= 0.3 is 6.36 Å². The molecule has 2 rings (SSSR count). The summed E-state index contributed by atoms with van der Waals surface area (Å²) in [7, 11) is 0. The second kappa shape index (κ2) is 10.0. The highest BCUT2D eigenvalue weighted by Gasteiger charge is 2.31. The first-order valence-corrected chi connectivity index (χ1v) is 10.3. The number of hydrogen-bond donors (Lipinski definition) is 1. The molecule has 0 aromatic heterocycles. The summed E-state index contributed by atoms with van der Waals surface area (Å²) in [5, 5.41) is 3.46. The first-order valence-electron chi connectivity index (χ1n) is 10.3. The molecule has 0 radical (unpaired) electrons. The zero-order chi connectivity index (χ0) is 21.5. The van der Waals surface area contributed by atoms with Crippen molar-refractivity contribution in [1.82, 2.24) is 0 Å². The van der Waals surface area contributed by atoms with E-state index < -0.39 is 6.36 Å². The summed E-state index contributed by atoms with van der Waals surface area (Å²) in [4.78, 5) is 0. The largest absolute Gasteiger partial charge is 0.573 e. The van der Waals surface area contributed by atoms with E-state index in [0.717, 1.165) is 35.7 Å². The van der Waals surface area contributed by atoms with Crippen LogP contribution in [0.4, 0.5) is 18.9 Å². The van der Waals surface area contributed by atoms with Crippen LogP contribution in [0.25, 0.3) is 11.1 Å². The molecule has 2 aromatic rings. The van der Waals surface area contributed by atoms with Crippen LogP contribution in [0.2, 0.25) is 0 Å². The topological polar surface area (TPSA) is 21.3 Å². The lowest BCUT2D eigenvalue weighted by atomic mass is 9.76. The van der Waals surface area contributed by atoms with Gasteiger partial charge in [-0.05, 0) is 59.6 Å². The first kappa shape index (κ1) is 23.1. The van der Waals surface area contributed by atoms with E-state index in [-0.39, 0.29) is 5.75 Å². The minimum atomic E-state index is -4.67. The van der Waals surface area contributed by atoms with Crippen LogP contribution in [0.15, 0.2) is 48.5 Å². The molecular weight excluding hydrogens is 375 g/mol. The summed E-state index contributed by atoms with van der Waals surface area (Å²) >= 11 is 0. The lowest BCUT2D eigenvalue weighted by molar-refractivity contribution is -0.274. The molecule has 0 aliphatic rings. The van der Waals surface area contributed by atoms with Crippen molar-refractivity contribution < 1.29 is 17.9 Å². The second-order valence-electron chi connectivity index (χ2n) is 8.57. The fourth-order valence-electron chi connectivity index (χ4n) is 3.57. The van der Waals surface area contributed by atoms with E-state index in [2.05, 4.69) is 37.7 Å².